The number of carbonyl (C=O) groups excluding carboxylic acids is 1. The molecule has 17 heavy (non-hydrogen) atoms. The van der Waals surface area contributed by atoms with Gasteiger partial charge in [0.1, 0.15) is 0 Å². The van der Waals surface area contributed by atoms with E-state index < -0.39 is 0 Å². The lowest BCUT2D eigenvalue weighted by Crippen LogP contribution is -2.14. The van der Waals surface area contributed by atoms with E-state index >= 15 is 0 Å². The number of nitrogens with zero attached hydrogens (tertiary/aromatic N) is 1. The SMILES string of the molecule is Cc1ccc(NC(=O)c2ccncc2N)cc1. The Morgan fingerprint density at radius 3 is 2.59 bits per heavy atom. The van der Waals surface area contributed by atoms with Crippen LogP contribution < -0.4 is 11.1 Å². The molecule has 1 amide bonds. The average molecular weight is 227 g/mol. The fraction of sp³-hybridized carbons (Fsp3) is 0.0769. The molecule has 3 N–H and O–H groups in total. The summed E-state index contributed by atoms with van der Waals surface area (Å²) in [6.45, 7) is 1.99. The number of aryl methyl sites for hydroxylation is 1. The fourth-order valence-corrected chi connectivity index (χ4v) is 1.45. The maximum Gasteiger partial charge on any atom is 0.257 e. The van der Waals surface area contributed by atoms with Crippen LogP contribution in [0.3, 0.4) is 0 Å². The van der Waals surface area contributed by atoms with Gasteiger partial charge in [-0.1, -0.05) is 17.7 Å². The van der Waals surface area contributed by atoms with Crippen molar-refractivity contribution in [2.24, 2.45) is 0 Å². The summed E-state index contributed by atoms with van der Waals surface area (Å²) < 4.78 is 0. The largest absolute Gasteiger partial charge is 0.397 e. The molecule has 4 nitrogen and oxygen atoms in total. The normalized spacial score (nSPS) is 9.94. The van der Waals surface area contributed by atoms with Gasteiger partial charge in [0.25, 0.3) is 5.91 Å². The van der Waals surface area contributed by atoms with Crippen LogP contribution in [-0.4, -0.2) is 10.9 Å². The third kappa shape index (κ3) is 2.60. The first-order valence-electron chi connectivity index (χ1n) is 5.24. The number of rotatable bonds is 2. The lowest BCUT2D eigenvalue weighted by atomic mass is 10.2. The van der Waals surface area contributed by atoms with Gasteiger partial charge in [-0.2, -0.15) is 0 Å². The molecular weight excluding hydrogens is 214 g/mol. The summed E-state index contributed by atoms with van der Waals surface area (Å²) in [4.78, 5) is 15.7. The number of nitrogens with two attached hydrogens (primary N) is 1. The van der Waals surface area contributed by atoms with Crippen molar-refractivity contribution in [2.45, 2.75) is 6.92 Å². The van der Waals surface area contributed by atoms with E-state index in [0.29, 0.717) is 11.3 Å². The van der Waals surface area contributed by atoms with Crippen molar-refractivity contribution < 1.29 is 4.79 Å². The van der Waals surface area contributed by atoms with Gasteiger partial charge in [0.2, 0.25) is 0 Å². The Labute approximate surface area is 99.5 Å². The molecule has 0 unspecified atom stereocenters. The molecule has 0 fully saturated rings. The van der Waals surface area contributed by atoms with Crippen molar-refractivity contribution in [3.05, 3.63) is 53.9 Å². The number of carbonyl (C=O) groups is 1. The third-order valence-corrected chi connectivity index (χ3v) is 2.41. The molecule has 0 bridgehead atoms. The van der Waals surface area contributed by atoms with Crippen LogP contribution in [0.4, 0.5) is 11.4 Å². The van der Waals surface area contributed by atoms with Crippen molar-refractivity contribution in [3.8, 4) is 0 Å². The minimum Gasteiger partial charge on any atom is -0.397 e. The van der Waals surface area contributed by atoms with Gasteiger partial charge in [0, 0.05) is 11.9 Å². The van der Waals surface area contributed by atoms with E-state index in [1.807, 2.05) is 31.2 Å². The molecule has 0 saturated carbocycles. The number of nitrogens with one attached hydrogen (secondary N) is 1. The lowest BCUT2D eigenvalue weighted by Gasteiger charge is -2.07. The first-order valence-corrected chi connectivity index (χ1v) is 5.24. The van der Waals surface area contributed by atoms with Gasteiger partial charge >= 0.3 is 0 Å². The van der Waals surface area contributed by atoms with Crippen LogP contribution in [0.25, 0.3) is 0 Å². The van der Waals surface area contributed by atoms with Gasteiger partial charge in [-0.25, -0.2) is 0 Å². The lowest BCUT2D eigenvalue weighted by molar-refractivity contribution is 0.102. The summed E-state index contributed by atoms with van der Waals surface area (Å²) in [6.07, 6.45) is 3.00. The molecular formula is C13H13N3O. The fourth-order valence-electron chi connectivity index (χ4n) is 1.45. The highest BCUT2D eigenvalue weighted by atomic mass is 16.1. The average Bonchev–Trinajstić information content (AvgIpc) is 2.32. The molecule has 1 heterocycles. The predicted octanol–water partition coefficient (Wildman–Crippen LogP) is 2.22. The second kappa shape index (κ2) is 4.65. The summed E-state index contributed by atoms with van der Waals surface area (Å²) in [5.41, 5.74) is 8.37. The molecule has 2 rings (SSSR count). The Hall–Kier alpha value is -2.36. The summed E-state index contributed by atoms with van der Waals surface area (Å²) in [7, 11) is 0. The number of nitrogen functional groups attached to an aromatic ring is 1. The minimum atomic E-state index is -0.228. The molecule has 4 heteroatoms. The zero-order valence-corrected chi connectivity index (χ0v) is 9.47. The van der Waals surface area contributed by atoms with Gasteiger partial charge in [0.15, 0.2) is 0 Å². The van der Waals surface area contributed by atoms with Gasteiger partial charge in [-0.15, -0.1) is 0 Å². The van der Waals surface area contributed by atoms with Gasteiger partial charge in [-0.3, -0.25) is 9.78 Å². The molecule has 0 aliphatic heterocycles. The van der Waals surface area contributed by atoms with Crippen LogP contribution in [0.5, 0.6) is 0 Å². The smallest absolute Gasteiger partial charge is 0.257 e. The topological polar surface area (TPSA) is 68.0 Å². The molecule has 0 aliphatic carbocycles. The van der Waals surface area contributed by atoms with Crippen LogP contribution in [-0.2, 0) is 0 Å². The highest BCUT2D eigenvalue weighted by Gasteiger charge is 2.09. The number of pyridine rings is 1. The molecule has 0 radical (unpaired) electrons. The van der Waals surface area contributed by atoms with Crippen LogP contribution >= 0.6 is 0 Å². The third-order valence-electron chi connectivity index (χ3n) is 2.41. The maximum atomic E-state index is 11.9. The van der Waals surface area contributed by atoms with Gasteiger partial charge in [0.05, 0.1) is 17.4 Å². The summed E-state index contributed by atoms with van der Waals surface area (Å²) in [5.74, 6) is -0.228. The zero-order chi connectivity index (χ0) is 12.3. The van der Waals surface area contributed by atoms with Crippen LogP contribution in [0.15, 0.2) is 42.7 Å². The van der Waals surface area contributed by atoms with Crippen LogP contribution in [0.1, 0.15) is 15.9 Å². The minimum absolute atomic E-state index is 0.228. The molecule has 1 aromatic carbocycles. The first-order chi connectivity index (χ1) is 8.16. The summed E-state index contributed by atoms with van der Waals surface area (Å²) in [6, 6.07) is 9.17. The first kappa shape index (κ1) is 11.1. The Kier molecular flexibility index (Phi) is 3.05. The van der Waals surface area contributed by atoms with Crippen molar-refractivity contribution in [1.82, 2.24) is 4.98 Å². The molecule has 0 saturated heterocycles. The molecule has 0 aliphatic rings. The second-order valence-corrected chi connectivity index (χ2v) is 3.78. The predicted molar refractivity (Wildman–Crippen MR) is 67.8 cm³/mol. The number of benzene rings is 1. The van der Waals surface area contributed by atoms with E-state index in [9.17, 15) is 4.79 Å². The maximum absolute atomic E-state index is 11.9. The highest BCUT2D eigenvalue weighted by molar-refractivity contribution is 6.07. The van der Waals surface area contributed by atoms with Crippen molar-refractivity contribution in [2.75, 3.05) is 11.1 Å². The van der Waals surface area contributed by atoms with Crippen molar-refractivity contribution >= 4 is 17.3 Å². The molecule has 1 aromatic heterocycles. The van der Waals surface area contributed by atoms with Crippen molar-refractivity contribution in [3.63, 3.8) is 0 Å². The van der Waals surface area contributed by atoms with Crippen LogP contribution in [0.2, 0.25) is 0 Å². The number of aromatic nitrogens is 1. The van der Waals surface area contributed by atoms with E-state index in [2.05, 4.69) is 10.3 Å². The van der Waals surface area contributed by atoms with E-state index in [1.54, 1.807) is 12.3 Å². The molecule has 86 valence electrons. The van der Waals surface area contributed by atoms with E-state index in [-0.39, 0.29) is 5.91 Å². The Bertz CT molecular complexity index is 535. The van der Waals surface area contributed by atoms with Gasteiger partial charge < -0.3 is 11.1 Å². The Balaban J connectivity index is 2.17. The van der Waals surface area contributed by atoms with E-state index in [1.165, 1.54) is 6.20 Å². The standard InChI is InChI=1S/C13H13N3O/c1-9-2-4-10(5-3-9)16-13(17)11-6-7-15-8-12(11)14/h2-8H,14H2,1H3,(H,16,17). The highest BCUT2D eigenvalue weighted by Crippen LogP contribution is 2.13. The number of hydrogen-bond donors (Lipinski definition) is 2. The molecule has 0 atom stereocenters. The monoisotopic (exact) mass is 227 g/mol. The number of anilines is 2. The second-order valence-electron chi connectivity index (χ2n) is 3.78. The molecule has 0 spiro atoms. The van der Waals surface area contributed by atoms with Crippen LogP contribution in [0, 0.1) is 6.92 Å². The number of hydrogen-bond acceptors (Lipinski definition) is 3. The zero-order valence-electron chi connectivity index (χ0n) is 9.47. The number of amides is 1. The van der Waals surface area contributed by atoms with Gasteiger partial charge in [-0.05, 0) is 25.1 Å². The summed E-state index contributed by atoms with van der Waals surface area (Å²) >= 11 is 0. The van der Waals surface area contributed by atoms with E-state index in [0.717, 1.165) is 11.3 Å². The van der Waals surface area contributed by atoms with Crippen molar-refractivity contribution in [1.29, 1.82) is 0 Å². The van der Waals surface area contributed by atoms with E-state index in [4.69, 9.17) is 5.73 Å². The molecule has 2 aromatic rings. The Morgan fingerprint density at radius 2 is 1.94 bits per heavy atom. The summed E-state index contributed by atoms with van der Waals surface area (Å²) in [5, 5.41) is 2.78. The Morgan fingerprint density at radius 1 is 1.24 bits per heavy atom. The quantitative estimate of drug-likeness (QED) is 0.826.